The van der Waals surface area contributed by atoms with Crippen LogP contribution in [0.2, 0.25) is 0 Å². The van der Waals surface area contributed by atoms with E-state index in [1.807, 2.05) is 0 Å². The molecule has 0 heterocycles. The summed E-state index contributed by atoms with van der Waals surface area (Å²) in [5.41, 5.74) is 0. The zero-order valence-electron chi connectivity index (χ0n) is 65.9. The lowest BCUT2D eigenvalue weighted by Crippen LogP contribution is -2.30. The minimum atomic E-state index is -4.97. The lowest BCUT2D eigenvalue weighted by atomic mass is 9.99. The average molecular weight is 1480 g/mol. The molecule has 101 heavy (non-hydrogen) atoms. The van der Waals surface area contributed by atoms with Crippen molar-refractivity contribution >= 4 is 39.5 Å². The lowest BCUT2D eigenvalue weighted by Gasteiger charge is -2.21. The molecule has 4 unspecified atom stereocenters. The molecule has 6 atom stereocenters. The third-order valence-electron chi connectivity index (χ3n) is 18.9. The highest BCUT2D eigenvalue weighted by Crippen LogP contribution is 2.45. The van der Waals surface area contributed by atoms with Crippen LogP contribution in [0, 0.1) is 17.8 Å². The summed E-state index contributed by atoms with van der Waals surface area (Å²) in [6, 6.07) is 0. The molecule has 0 aromatic rings. The van der Waals surface area contributed by atoms with Crippen molar-refractivity contribution in [3.05, 3.63) is 24.3 Å². The molecule has 0 aliphatic carbocycles. The number of rotatable bonds is 78. The Labute approximate surface area is 618 Å². The Hall–Kier alpha value is -2.46. The molecule has 19 heteroatoms. The van der Waals surface area contributed by atoms with Crippen LogP contribution in [-0.2, 0) is 65.4 Å². The second-order valence-electron chi connectivity index (χ2n) is 30.0. The maximum Gasteiger partial charge on any atom is 0.472 e. The van der Waals surface area contributed by atoms with Gasteiger partial charge in [0.2, 0.25) is 0 Å². The van der Waals surface area contributed by atoms with Gasteiger partial charge in [0.15, 0.2) is 12.2 Å². The van der Waals surface area contributed by atoms with E-state index in [0.29, 0.717) is 31.6 Å². The molecule has 0 aliphatic heterocycles. The molecule has 0 aliphatic rings. The molecule has 0 aromatic carbocycles. The summed E-state index contributed by atoms with van der Waals surface area (Å²) in [6.45, 7) is 11.9. The summed E-state index contributed by atoms with van der Waals surface area (Å²) in [7, 11) is -9.94. The zero-order valence-corrected chi connectivity index (χ0v) is 67.6. The predicted octanol–water partition coefficient (Wildman–Crippen LogP) is 24.1. The van der Waals surface area contributed by atoms with Crippen LogP contribution in [0.1, 0.15) is 402 Å². The summed E-state index contributed by atoms with van der Waals surface area (Å²) in [4.78, 5) is 73.0. The maximum atomic E-state index is 13.1. The quantitative estimate of drug-likeness (QED) is 0.0169. The molecule has 0 amide bonds. The number of carbonyl (C=O) groups is 4. The van der Waals surface area contributed by atoms with Crippen molar-refractivity contribution in [2.75, 3.05) is 39.6 Å². The average Bonchev–Trinajstić information content (AvgIpc) is 1.52. The number of aliphatic hydroxyl groups excluding tert-OH is 1. The van der Waals surface area contributed by atoms with Gasteiger partial charge in [-0.3, -0.25) is 37.3 Å². The number of allylic oxidation sites excluding steroid dienone is 4. The van der Waals surface area contributed by atoms with Crippen LogP contribution in [-0.4, -0.2) is 96.7 Å². The van der Waals surface area contributed by atoms with Crippen LogP contribution in [0.5, 0.6) is 0 Å². The van der Waals surface area contributed by atoms with Crippen molar-refractivity contribution in [1.82, 2.24) is 0 Å². The molecule has 0 fully saturated rings. The van der Waals surface area contributed by atoms with Crippen molar-refractivity contribution in [1.29, 1.82) is 0 Å². The first-order valence-electron chi connectivity index (χ1n) is 41.7. The minimum Gasteiger partial charge on any atom is -0.462 e. The fourth-order valence-electron chi connectivity index (χ4n) is 12.1. The number of ether oxygens (including phenoxy) is 4. The van der Waals surface area contributed by atoms with E-state index in [1.54, 1.807) is 0 Å². The third kappa shape index (κ3) is 74.2. The summed E-state index contributed by atoms with van der Waals surface area (Å²) in [6.07, 6.45) is 63.2. The molecule has 0 rings (SSSR count). The first-order chi connectivity index (χ1) is 48.8. The summed E-state index contributed by atoms with van der Waals surface area (Å²) in [5.74, 6) is 0.210. The number of carbonyl (C=O) groups excluding carboxylic acids is 4. The molecular weight excluding hydrogens is 1320 g/mol. The zero-order chi connectivity index (χ0) is 74.4. The van der Waals surface area contributed by atoms with Gasteiger partial charge in [0.25, 0.3) is 0 Å². The number of aliphatic hydroxyl groups is 1. The highest BCUT2D eigenvalue weighted by Gasteiger charge is 2.30. The van der Waals surface area contributed by atoms with Crippen LogP contribution in [0.25, 0.3) is 0 Å². The van der Waals surface area contributed by atoms with Crippen molar-refractivity contribution in [2.45, 2.75) is 420 Å². The summed E-state index contributed by atoms with van der Waals surface area (Å²) < 4.78 is 68.7. The molecule has 0 saturated carbocycles. The van der Waals surface area contributed by atoms with Gasteiger partial charge in [-0.2, -0.15) is 0 Å². The second-order valence-corrected chi connectivity index (χ2v) is 32.9. The van der Waals surface area contributed by atoms with Crippen molar-refractivity contribution in [2.24, 2.45) is 17.8 Å². The van der Waals surface area contributed by atoms with Gasteiger partial charge in [-0.25, -0.2) is 9.13 Å². The maximum absolute atomic E-state index is 13.1. The van der Waals surface area contributed by atoms with Gasteiger partial charge in [0, 0.05) is 25.7 Å². The van der Waals surface area contributed by atoms with Gasteiger partial charge in [-0.05, 0) is 69.1 Å². The van der Waals surface area contributed by atoms with Crippen molar-refractivity contribution in [3.63, 3.8) is 0 Å². The van der Waals surface area contributed by atoms with Crippen molar-refractivity contribution < 1.29 is 80.2 Å². The number of hydrogen-bond donors (Lipinski definition) is 3. The molecule has 17 nitrogen and oxygen atoms in total. The fourth-order valence-corrected chi connectivity index (χ4v) is 13.7. The number of esters is 4. The second kappa shape index (κ2) is 71.8. The molecule has 0 aromatic heterocycles. The Kier molecular flexibility index (Phi) is 70.0. The molecule has 0 spiro atoms. The normalized spacial score (nSPS) is 14.4. The van der Waals surface area contributed by atoms with Gasteiger partial charge in [-0.15, -0.1) is 0 Å². The van der Waals surface area contributed by atoms with E-state index < -0.39 is 97.5 Å². The van der Waals surface area contributed by atoms with E-state index in [4.69, 9.17) is 37.0 Å². The SMILES string of the molecule is CCCCCC/C=C\C=C/CCCCCCCC(=O)O[C@H](COC(=O)CCCCCCCCCC(C)C)COP(=O)(O)OCC(O)COP(=O)(O)OC[C@@H](COC(=O)CCCCCCCCCCCCCCCCCC(C)C)OC(=O)CCCCCCCCCCCCCCCCC(C)CC. The van der Waals surface area contributed by atoms with Gasteiger partial charge in [0.05, 0.1) is 26.4 Å². The fraction of sp³-hybridized carbons (Fsp3) is 0.902. The van der Waals surface area contributed by atoms with E-state index in [-0.39, 0.29) is 25.7 Å². The third-order valence-corrected chi connectivity index (χ3v) is 20.8. The molecule has 596 valence electrons. The Balaban J connectivity index is 5.28. The first-order valence-corrected chi connectivity index (χ1v) is 44.7. The van der Waals surface area contributed by atoms with Crippen LogP contribution in [0.4, 0.5) is 0 Å². The molecular formula is C82H156O17P2. The van der Waals surface area contributed by atoms with E-state index in [1.165, 1.54) is 193 Å². The first kappa shape index (κ1) is 98.5. The largest absolute Gasteiger partial charge is 0.472 e. The van der Waals surface area contributed by atoms with Gasteiger partial charge in [-0.1, -0.05) is 349 Å². The van der Waals surface area contributed by atoms with Gasteiger partial charge >= 0.3 is 39.5 Å². The molecule has 0 radical (unpaired) electrons. The number of hydrogen-bond acceptors (Lipinski definition) is 15. The van der Waals surface area contributed by atoms with E-state index in [9.17, 15) is 43.2 Å². The minimum absolute atomic E-state index is 0.0842. The predicted molar refractivity (Wildman–Crippen MR) is 414 cm³/mol. The number of phosphoric acid groups is 2. The standard InChI is InChI=1S/C82H156O17P2/c1-8-10-11-12-13-14-15-16-18-26-31-36-43-51-58-65-82(87)99-78(70-93-80(85)64-57-50-45-38-40-47-54-61-74(5)6)72-97-101(90,91)95-68-76(83)67-94-100(88,89)96-71-77(98-81(86)66-59-52-44-37-32-27-22-21-24-29-34-41-48-55-62-75(7)9-2)69-92-79(84)63-56-49-42-35-30-25-20-17-19-23-28-33-39-46-53-60-73(3)4/h14-16,18,73-78,83H,8-13,17,19-72H2,1-7H3,(H,88,89)(H,90,91)/b15-14-,18-16-/t75?,76?,77-,78-/m1/s1. The Bertz CT molecular complexity index is 2050. The molecule has 0 saturated heterocycles. The molecule has 0 bridgehead atoms. The van der Waals surface area contributed by atoms with E-state index in [2.05, 4.69) is 72.8 Å². The molecule has 3 N–H and O–H groups in total. The summed E-state index contributed by atoms with van der Waals surface area (Å²) >= 11 is 0. The van der Waals surface area contributed by atoms with Gasteiger partial charge in [0.1, 0.15) is 19.3 Å². The lowest BCUT2D eigenvalue weighted by molar-refractivity contribution is -0.161. The van der Waals surface area contributed by atoms with Gasteiger partial charge < -0.3 is 33.8 Å². The summed E-state index contributed by atoms with van der Waals surface area (Å²) in [5, 5.41) is 10.6. The Morgan fingerprint density at radius 3 is 0.881 bits per heavy atom. The van der Waals surface area contributed by atoms with Crippen LogP contribution < -0.4 is 0 Å². The monoisotopic (exact) mass is 1480 g/mol. The number of unbranched alkanes of at least 4 members (excludes halogenated alkanes) is 42. The Morgan fingerprint density at radius 2 is 0.584 bits per heavy atom. The topological polar surface area (TPSA) is 237 Å². The van der Waals surface area contributed by atoms with E-state index in [0.717, 1.165) is 121 Å². The van der Waals surface area contributed by atoms with Crippen molar-refractivity contribution in [3.8, 4) is 0 Å². The highest BCUT2D eigenvalue weighted by molar-refractivity contribution is 7.47. The smallest absolute Gasteiger partial charge is 0.462 e. The Morgan fingerprint density at radius 1 is 0.327 bits per heavy atom. The number of phosphoric ester groups is 2. The van der Waals surface area contributed by atoms with Crippen LogP contribution in [0.3, 0.4) is 0 Å². The van der Waals surface area contributed by atoms with E-state index >= 15 is 0 Å². The van der Waals surface area contributed by atoms with Crippen LogP contribution >= 0.6 is 15.6 Å². The van der Waals surface area contributed by atoms with Crippen LogP contribution in [0.15, 0.2) is 24.3 Å². The highest BCUT2D eigenvalue weighted by atomic mass is 31.2.